The first-order valence-corrected chi connectivity index (χ1v) is 8.22. The van der Waals surface area contributed by atoms with E-state index >= 15 is 0 Å². The van der Waals surface area contributed by atoms with Crippen molar-refractivity contribution >= 4 is 16.9 Å². The molecule has 25 heavy (non-hydrogen) atoms. The summed E-state index contributed by atoms with van der Waals surface area (Å²) in [6.45, 7) is 7.75. The SMILES string of the molecule is CCOC(=O)c1cnc2cc(-c3c(C)noc3C)c(CC)cc2c1O. The number of pyridine rings is 1. The van der Waals surface area contributed by atoms with E-state index in [0.29, 0.717) is 10.9 Å². The van der Waals surface area contributed by atoms with Crippen molar-refractivity contribution in [1.82, 2.24) is 10.1 Å². The predicted octanol–water partition coefficient (Wildman–Crippen LogP) is 3.95. The molecule has 0 radical (unpaired) electrons. The first-order valence-electron chi connectivity index (χ1n) is 8.22. The van der Waals surface area contributed by atoms with Crippen LogP contribution in [0.25, 0.3) is 22.0 Å². The van der Waals surface area contributed by atoms with E-state index < -0.39 is 5.97 Å². The van der Waals surface area contributed by atoms with E-state index in [2.05, 4.69) is 10.1 Å². The van der Waals surface area contributed by atoms with E-state index in [1.165, 1.54) is 6.20 Å². The van der Waals surface area contributed by atoms with Crippen LogP contribution in [0.5, 0.6) is 5.75 Å². The monoisotopic (exact) mass is 340 g/mol. The van der Waals surface area contributed by atoms with Crippen LogP contribution in [0.4, 0.5) is 0 Å². The highest BCUT2D eigenvalue weighted by atomic mass is 16.5. The Hall–Kier alpha value is -2.89. The number of rotatable bonds is 4. The van der Waals surface area contributed by atoms with Crippen LogP contribution >= 0.6 is 0 Å². The second kappa shape index (κ2) is 6.55. The molecule has 2 heterocycles. The second-order valence-electron chi connectivity index (χ2n) is 5.82. The van der Waals surface area contributed by atoms with Crippen molar-refractivity contribution in [3.63, 3.8) is 0 Å². The number of esters is 1. The van der Waals surface area contributed by atoms with Crippen LogP contribution in [0.2, 0.25) is 0 Å². The molecular formula is C19H20N2O4. The van der Waals surface area contributed by atoms with Crippen LogP contribution in [0.15, 0.2) is 22.9 Å². The molecule has 0 aliphatic heterocycles. The van der Waals surface area contributed by atoms with Gasteiger partial charge in [0.2, 0.25) is 0 Å². The number of fused-ring (bicyclic) bond motifs is 1. The van der Waals surface area contributed by atoms with Gasteiger partial charge in [0.05, 0.1) is 17.8 Å². The highest BCUT2D eigenvalue weighted by Crippen LogP contribution is 2.36. The fraction of sp³-hybridized carbons (Fsp3) is 0.316. The molecule has 0 unspecified atom stereocenters. The number of hydrogen-bond acceptors (Lipinski definition) is 6. The smallest absolute Gasteiger partial charge is 0.343 e. The minimum Gasteiger partial charge on any atom is -0.506 e. The zero-order valence-electron chi connectivity index (χ0n) is 14.7. The average Bonchev–Trinajstić information content (AvgIpc) is 2.93. The molecule has 3 aromatic rings. The number of ether oxygens (including phenoxy) is 1. The highest BCUT2D eigenvalue weighted by Gasteiger charge is 2.20. The van der Waals surface area contributed by atoms with Crippen LogP contribution < -0.4 is 0 Å². The Bertz CT molecular complexity index is 940. The minimum absolute atomic E-state index is 0.0708. The standard InChI is InChI=1S/C19H20N2O4/c1-5-12-7-14-16(8-13(12)17-10(3)21-25-11(17)4)20-9-15(18(14)22)19(23)24-6-2/h7-9H,5-6H2,1-4H3,(H,20,22). The van der Waals surface area contributed by atoms with Gasteiger partial charge in [-0.3, -0.25) is 4.98 Å². The van der Waals surface area contributed by atoms with Gasteiger partial charge >= 0.3 is 5.97 Å². The largest absolute Gasteiger partial charge is 0.506 e. The van der Waals surface area contributed by atoms with E-state index in [4.69, 9.17) is 9.26 Å². The molecule has 130 valence electrons. The van der Waals surface area contributed by atoms with E-state index in [9.17, 15) is 9.90 Å². The lowest BCUT2D eigenvalue weighted by Crippen LogP contribution is -2.06. The van der Waals surface area contributed by atoms with Gasteiger partial charge in [0.1, 0.15) is 17.1 Å². The first-order chi connectivity index (χ1) is 12.0. The summed E-state index contributed by atoms with van der Waals surface area (Å²) in [4.78, 5) is 16.3. The Kier molecular flexibility index (Phi) is 4.44. The Morgan fingerprint density at radius 1 is 1.28 bits per heavy atom. The molecular weight excluding hydrogens is 320 g/mol. The second-order valence-corrected chi connectivity index (χ2v) is 5.82. The zero-order valence-corrected chi connectivity index (χ0v) is 14.7. The molecule has 0 amide bonds. The number of aromatic hydroxyl groups is 1. The van der Waals surface area contributed by atoms with E-state index in [0.717, 1.165) is 34.6 Å². The summed E-state index contributed by atoms with van der Waals surface area (Å²) in [5.74, 6) is 0.0460. The summed E-state index contributed by atoms with van der Waals surface area (Å²) in [6, 6.07) is 3.76. The van der Waals surface area contributed by atoms with Crippen LogP contribution in [0.3, 0.4) is 0 Å². The number of nitrogens with zero attached hydrogens (tertiary/aromatic N) is 2. The van der Waals surface area contributed by atoms with E-state index in [-0.39, 0.29) is 17.9 Å². The quantitative estimate of drug-likeness (QED) is 0.724. The predicted molar refractivity (Wildman–Crippen MR) is 93.7 cm³/mol. The zero-order chi connectivity index (χ0) is 18.1. The minimum atomic E-state index is -0.581. The van der Waals surface area contributed by atoms with Gasteiger partial charge in [-0.2, -0.15) is 0 Å². The lowest BCUT2D eigenvalue weighted by atomic mass is 9.94. The molecule has 0 aliphatic carbocycles. The van der Waals surface area contributed by atoms with E-state index in [1.54, 1.807) is 6.92 Å². The molecule has 1 aromatic carbocycles. The summed E-state index contributed by atoms with van der Waals surface area (Å²) in [5, 5.41) is 15.1. The van der Waals surface area contributed by atoms with Crippen LogP contribution in [-0.4, -0.2) is 27.8 Å². The molecule has 0 saturated carbocycles. The maximum absolute atomic E-state index is 12.0. The van der Waals surface area contributed by atoms with Crippen LogP contribution in [-0.2, 0) is 11.2 Å². The normalized spacial score (nSPS) is 11.0. The topological polar surface area (TPSA) is 85.5 Å². The number of carbonyl (C=O) groups is 1. The van der Waals surface area contributed by atoms with Crippen LogP contribution in [0, 0.1) is 13.8 Å². The molecule has 0 fully saturated rings. The van der Waals surface area contributed by atoms with Crippen LogP contribution in [0.1, 0.15) is 41.2 Å². The molecule has 6 nitrogen and oxygen atoms in total. The van der Waals surface area contributed by atoms with E-state index in [1.807, 2.05) is 32.9 Å². The molecule has 6 heteroatoms. The summed E-state index contributed by atoms with van der Waals surface area (Å²) in [5.41, 5.74) is 4.40. The number of aromatic nitrogens is 2. The fourth-order valence-electron chi connectivity index (χ4n) is 3.02. The third-order valence-electron chi connectivity index (χ3n) is 4.24. The number of aryl methyl sites for hydroxylation is 3. The maximum atomic E-state index is 12.0. The maximum Gasteiger partial charge on any atom is 0.343 e. The lowest BCUT2D eigenvalue weighted by Gasteiger charge is -2.12. The third-order valence-corrected chi connectivity index (χ3v) is 4.24. The number of carbonyl (C=O) groups excluding carboxylic acids is 1. The van der Waals surface area contributed by atoms with Gasteiger partial charge in [-0.15, -0.1) is 0 Å². The van der Waals surface area contributed by atoms with Crippen molar-refractivity contribution in [2.24, 2.45) is 0 Å². The van der Waals surface area contributed by atoms with Crippen molar-refractivity contribution in [1.29, 1.82) is 0 Å². The Morgan fingerprint density at radius 2 is 2.04 bits per heavy atom. The Balaban J connectivity index is 2.24. The molecule has 1 N–H and O–H groups in total. The Labute approximate surface area is 145 Å². The molecule has 0 atom stereocenters. The van der Waals surface area contributed by atoms with Gasteiger partial charge in [0, 0.05) is 17.1 Å². The molecule has 2 aromatic heterocycles. The average molecular weight is 340 g/mol. The Morgan fingerprint density at radius 3 is 2.64 bits per heavy atom. The molecule has 0 aliphatic rings. The number of hydrogen-bond donors (Lipinski definition) is 1. The molecule has 0 spiro atoms. The van der Waals surface area contributed by atoms with Crippen molar-refractivity contribution in [3.8, 4) is 16.9 Å². The van der Waals surface area contributed by atoms with Gasteiger partial charge in [-0.1, -0.05) is 12.1 Å². The summed E-state index contributed by atoms with van der Waals surface area (Å²) in [7, 11) is 0. The van der Waals surface area contributed by atoms with Crippen molar-refractivity contribution < 1.29 is 19.2 Å². The highest BCUT2D eigenvalue weighted by molar-refractivity contribution is 6.00. The molecule has 3 rings (SSSR count). The van der Waals surface area contributed by atoms with Gasteiger partial charge < -0.3 is 14.4 Å². The van der Waals surface area contributed by atoms with Gasteiger partial charge in [-0.25, -0.2) is 4.79 Å². The van der Waals surface area contributed by atoms with Gasteiger partial charge in [-0.05, 0) is 50.5 Å². The molecule has 0 saturated heterocycles. The summed E-state index contributed by atoms with van der Waals surface area (Å²) >= 11 is 0. The summed E-state index contributed by atoms with van der Waals surface area (Å²) < 4.78 is 10.3. The first kappa shape index (κ1) is 17.0. The summed E-state index contributed by atoms with van der Waals surface area (Å²) in [6.07, 6.45) is 2.09. The van der Waals surface area contributed by atoms with Gasteiger partial charge in [0.25, 0.3) is 0 Å². The van der Waals surface area contributed by atoms with Crippen molar-refractivity contribution in [3.05, 3.63) is 40.9 Å². The lowest BCUT2D eigenvalue weighted by molar-refractivity contribution is 0.0523. The van der Waals surface area contributed by atoms with Gasteiger partial charge in [0.15, 0.2) is 0 Å². The third kappa shape index (κ3) is 2.84. The molecule has 0 bridgehead atoms. The van der Waals surface area contributed by atoms with Crippen molar-refractivity contribution in [2.75, 3.05) is 6.61 Å². The van der Waals surface area contributed by atoms with Crippen molar-refractivity contribution in [2.45, 2.75) is 34.1 Å². The fourth-order valence-corrected chi connectivity index (χ4v) is 3.02. The number of benzene rings is 1.